The minimum Gasteiger partial charge on any atom is -0.292 e. The number of rotatable bonds is 6. The van der Waals surface area contributed by atoms with Crippen molar-refractivity contribution in [2.24, 2.45) is 5.92 Å². The van der Waals surface area contributed by atoms with Crippen LogP contribution in [0.1, 0.15) is 70.1 Å². The van der Waals surface area contributed by atoms with Crippen LogP contribution in [0.15, 0.2) is 66.0 Å². The molecule has 0 saturated carbocycles. The van der Waals surface area contributed by atoms with Gasteiger partial charge in [-0.25, -0.2) is 4.98 Å². The van der Waals surface area contributed by atoms with Crippen LogP contribution >= 0.6 is 11.3 Å². The zero-order chi connectivity index (χ0) is 24.0. The summed E-state index contributed by atoms with van der Waals surface area (Å²) in [6.07, 6.45) is 1.11. The molecule has 2 aromatic heterocycles. The van der Waals surface area contributed by atoms with Crippen LogP contribution in [0, 0.1) is 5.92 Å². The minimum atomic E-state index is 0.417. The first kappa shape index (κ1) is 22.9. The fourth-order valence-electron chi connectivity index (χ4n) is 5.05. The number of hydrogen-bond acceptors (Lipinski definition) is 2. The molecular weight excluding hydrogens is 432 g/mol. The third kappa shape index (κ3) is 3.96. The Bertz CT molecular complexity index is 1440. The van der Waals surface area contributed by atoms with Crippen LogP contribution in [-0.4, -0.2) is 9.55 Å². The summed E-state index contributed by atoms with van der Waals surface area (Å²) < 4.78 is 3.77. The van der Waals surface area contributed by atoms with Crippen LogP contribution in [0.5, 0.6) is 0 Å². The highest BCUT2D eigenvalue weighted by molar-refractivity contribution is 7.17. The average molecular weight is 467 g/mol. The Hall–Kier alpha value is -2.91. The molecule has 0 radical (unpaired) electrons. The second-order valence-corrected chi connectivity index (χ2v) is 11.3. The van der Waals surface area contributed by atoms with E-state index in [9.17, 15) is 0 Å². The molecule has 0 bridgehead atoms. The van der Waals surface area contributed by atoms with Crippen molar-refractivity contribution in [1.82, 2.24) is 9.55 Å². The topological polar surface area (TPSA) is 17.8 Å². The number of imidazole rings is 1. The molecule has 2 nitrogen and oxygen atoms in total. The minimum absolute atomic E-state index is 0.417. The van der Waals surface area contributed by atoms with Gasteiger partial charge in [-0.2, -0.15) is 0 Å². The molecular formula is C31H34N2S. The average Bonchev–Trinajstić information content (AvgIpc) is 3.38. The molecule has 0 aliphatic heterocycles. The Balaban J connectivity index is 1.82. The first-order chi connectivity index (χ1) is 16.3. The Morgan fingerprint density at radius 3 is 2.21 bits per heavy atom. The zero-order valence-corrected chi connectivity index (χ0v) is 21.9. The van der Waals surface area contributed by atoms with E-state index in [1.807, 2.05) is 11.3 Å². The highest BCUT2D eigenvalue weighted by Gasteiger charge is 2.23. The molecule has 0 spiro atoms. The van der Waals surface area contributed by atoms with E-state index in [4.69, 9.17) is 4.98 Å². The predicted molar refractivity (Wildman–Crippen MR) is 149 cm³/mol. The van der Waals surface area contributed by atoms with Crippen LogP contribution in [0.4, 0.5) is 0 Å². The smallest absolute Gasteiger partial charge is 0.147 e. The summed E-state index contributed by atoms with van der Waals surface area (Å²) in [7, 11) is 0. The molecule has 34 heavy (non-hydrogen) atoms. The maximum absolute atomic E-state index is 5.22. The van der Waals surface area contributed by atoms with Crippen molar-refractivity contribution in [1.29, 1.82) is 0 Å². The lowest BCUT2D eigenvalue weighted by molar-refractivity contribution is 0.648. The third-order valence-electron chi connectivity index (χ3n) is 6.65. The van der Waals surface area contributed by atoms with Crippen molar-refractivity contribution >= 4 is 32.5 Å². The molecule has 0 saturated heterocycles. The van der Waals surface area contributed by atoms with Crippen molar-refractivity contribution in [3.63, 3.8) is 0 Å². The summed E-state index contributed by atoms with van der Waals surface area (Å²) >= 11 is 1.83. The van der Waals surface area contributed by atoms with Gasteiger partial charge in [0.2, 0.25) is 0 Å². The number of nitrogens with zero attached hydrogens (tertiary/aromatic N) is 2. The number of benzene rings is 3. The zero-order valence-electron chi connectivity index (χ0n) is 21.1. The van der Waals surface area contributed by atoms with Gasteiger partial charge in [0.25, 0.3) is 0 Å². The highest BCUT2D eigenvalue weighted by Crippen LogP contribution is 2.40. The van der Waals surface area contributed by atoms with Gasteiger partial charge in [-0.05, 0) is 59.1 Å². The molecule has 5 aromatic rings. The van der Waals surface area contributed by atoms with Gasteiger partial charge in [-0.3, -0.25) is 4.57 Å². The van der Waals surface area contributed by atoms with E-state index in [0.29, 0.717) is 17.8 Å². The molecule has 3 heteroatoms. The van der Waals surface area contributed by atoms with E-state index < -0.39 is 0 Å². The van der Waals surface area contributed by atoms with Crippen LogP contribution in [0.2, 0.25) is 0 Å². The molecule has 0 aliphatic rings. The summed E-state index contributed by atoms with van der Waals surface area (Å²) in [5, 5.41) is 3.59. The standard InChI is InChI=1S/C31H34N2S/c1-19(2)16-22-14-15-25-26(18-34-29(25)17-22)31-32-27-12-7-8-13-28(27)33(31)30-23(20(3)4)10-9-11-24(30)21(5)6/h7-15,17-21H,16H2,1-6H3. The summed E-state index contributed by atoms with van der Waals surface area (Å²) in [6, 6.07) is 22.3. The monoisotopic (exact) mass is 466 g/mol. The van der Waals surface area contributed by atoms with Crippen LogP contribution < -0.4 is 0 Å². The van der Waals surface area contributed by atoms with Crippen molar-refractivity contribution < 1.29 is 0 Å². The quantitative estimate of drug-likeness (QED) is 0.244. The summed E-state index contributed by atoms with van der Waals surface area (Å²) in [5.41, 5.74) is 8.89. The van der Waals surface area contributed by atoms with Crippen molar-refractivity contribution in [2.75, 3.05) is 0 Å². The first-order valence-electron chi connectivity index (χ1n) is 12.5. The molecule has 2 heterocycles. The maximum Gasteiger partial charge on any atom is 0.147 e. The van der Waals surface area contributed by atoms with E-state index >= 15 is 0 Å². The van der Waals surface area contributed by atoms with Crippen LogP contribution in [-0.2, 0) is 6.42 Å². The van der Waals surface area contributed by atoms with Gasteiger partial charge in [0.1, 0.15) is 5.82 Å². The van der Waals surface area contributed by atoms with Crippen LogP contribution in [0.3, 0.4) is 0 Å². The van der Waals surface area contributed by atoms with Gasteiger partial charge < -0.3 is 0 Å². The maximum atomic E-state index is 5.22. The molecule has 0 aliphatic carbocycles. The van der Waals surface area contributed by atoms with Crippen molar-refractivity contribution in [3.05, 3.63) is 82.7 Å². The van der Waals surface area contributed by atoms with E-state index in [1.54, 1.807) is 0 Å². The first-order valence-corrected chi connectivity index (χ1v) is 13.3. The Labute approximate surface area is 207 Å². The number of fused-ring (bicyclic) bond motifs is 2. The number of para-hydroxylation sites is 3. The lowest BCUT2D eigenvalue weighted by atomic mass is 9.92. The van der Waals surface area contributed by atoms with Gasteiger partial charge in [0, 0.05) is 21.0 Å². The third-order valence-corrected chi connectivity index (χ3v) is 7.60. The molecule has 5 rings (SSSR count). The molecule has 174 valence electrons. The van der Waals surface area contributed by atoms with E-state index in [0.717, 1.165) is 17.8 Å². The second kappa shape index (κ2) is 9.03. The van der Waals surface area contributed by atoms with E-state index in [1.165, 1.54) is 43.5 Å². The Kier molecular flexibility index (Phi) is 6.07. The predicted octanol–water partition coefficient (Wildman–Crippen LogP) is 9.35. The highest BCUT2D eigenvalue weighted by atomic mass is 32.1. The van der Waals surface area contributed by atoms with Gasteiger partial charge >= 0.3 is 0 Å². The Morgan fingerprint density at radius 1 is 0.824 bits per heavy atom. The van der Waals surface area contributed by atoms with Crippen molar-refractivity contribution in [3.8, 4) is 17.1 Å². The molecule has 0 atom stereocenters. The Morgan fingerprint density at radius 2 is 1.53 bits per heavy atom. The fourth-order valence-corrected chi connectivity index (χ4v) is 6.05. The van der Waals surface area contributed by atoms with Crippen molar-refractivity contribution in [2.45, 2.75) is 59.8 Å². The van der Waals surface area contributed by atoms with Gasteiger partial charge in [-0.15, -0.1) is 11.3 Å². The fraction of sp³-hybridized carbons (Fsp3) is 0.323. The second-order valence-electron chi connectivity index (χ2n) is 10.4. The lowest BCUT2D eigenvalue weighted by Gasteiger charge is -2.22. The molecule has 0 N–H and O–H groups in total. The summed E-state index contributed by atoms with van der Waals surface area (Å²) in [5.74, 6) is 2.53. The van der Waals surface area contributed by atoms with Gasteiger partial charge in [-0.1, -0.05) is 84.0 Å². The molecule has 3 aromatic carbocycles. The molecule has 0 fully saturated rings. The summed E-state index contributed by atoms with van der Waals surface area (Å²) in [6.45, 7) is 13.7. The number of thiophene rings is 1. The SMILES string of the molecule is CC(C)Cc1ccc2c(-c3nc4ccccc4n3-c3c(C(C)C)cccc3C(C)C)csc2c1. The number of hydrogen-bond donors (Lipinski definition) is 0. The largest absolute Gasteiger partial charge is 0.292 e. The lowest BCUT2D eigenvalue weighted by Crippen LogP contribution is -2.08. The van der Waals surface area contributed by atoms with Crippen LogP contribution in [0.25, 0.3) is 38.2 Å². The molecule has 0 unspecified atom stereocenters. The van der Waals surface area contributed by atoms with E-state index in [-0.39, 0.29) is 0 Å². The van der Waals surface area contributed by atoms with E-state index in [2.05, 4.69) is 112 Å². The normalized spacial score (nSPS) is 12.1. The van der Waals surface area contributed by atoms with Gasteiger partial charge in [0.15, 0.2) is 0 Å². The number of aromatic nitrogens is 2. The molecule has 0 amide bonds. The van der Waals surface area contributed by atoms with Gasteiger partial charge in [0.05, 0.1) is 16.7 Å². The summed E-state index contributed by atoms with van der Waals surface area (Å²) in [4.78, 5) is 5.22.